The Kier molecular flexibility index (Phi) is 6.85. The third-order valence-corrected chi connectivity index (χ3v) is 4.25. The maximum atomic E-state index is 12.2. The molecule has 0 aliphatic carbocycles. The molecular formula is C16H28N4O3. The van der Waals surface area contributed by atoms with Crippen LogP contribution in [-0.4, -0.2) is 67.5 Å². The van der Waals surface area contributed by atoms with Crippen molar-refractivity contribution in [3.05, 3.63) is 17.7 Å². The minimum atomic E-state index is 0.00956. The SMILES string of the molecule is COCCCNC(=O)N1CCC(c2ncc(C)n2CCOC)C1. The van der Waals surface area contributed by atoms with Crippen molar-refractivity contribution in [3.63, 3.8) is 0 Å². The van der Waals surface area contributed by atoms with Gasteiger partial charge in [-0.1, -0.05) is 0 Å². The fourth-order valence-corrected chi connectivity index (χ4v) is 2.96. The van der Waals surface area contributed by atoms with E-state index in [2.05, 4.69) is 21.8 Å². The van der Waals surface area contributed by atoms with Crippen LogP contribution in [0.5, 0.6) is 0 Å². The van der Waals surface area contributed by atoms with Gasteiger partial charge < -0.3 is 24.3 Å². The highest BCUT2D eigenvalue weighted by molar-refractivity contribution is 5.74. The number of methoxy groups -OCH3 is 2. The molecule has 2 rings (SSSR count). The van der Waals surface area contributed by atoms with Crippen molar-refractivity contribution in [2.45, 2.75) is 32.2 Å². The first-order valence-electron chi connectivity index (χ1n) is 8.20. The number of aryl methyl sites for hydroxylation is 1. The van der Waals surface area contributed by atoms with Crippen LogP contribution in [0.15, 0.2) is 6.20 Å². The number of hydrogen-bond acceptors (Lipinski definition) is 4. The first-order valence-corrected chi connectivity index (χ1v) is 8.20. The quantitative estimate of drug-likeness (QED) is 0.734. The number of imidazole rings is 1. The Morgan fingerprint density at radius 3 is 2.91 bits per heavy atom. The molecule has 2 heterocycles. The zero-order valence-corrected chi connectivity index (χ0v) is 14.4. The summed E-state index contributed by atoms with van der Waals surface area (Å²) in [5.74, 6) is 1.36. The number of likely N-dealkylation sites (tertiary alicyclic amines) is 1. The van der Waals surface area contributed by atoms with E-state index in [4.69, 9.17) is 9.47 Å². The van der Waals surface area contributed by atoms with Gasteiger partial charge in [0.2, 0.25) is 0 Å². The van der Waals surface area contributed by atoms with E-state index >= 15 is 0 Å². The summed E-state index contributed by atoms with van der Waals surface area (Å²) in [7, 11) is 3.37. The van der Waals surface area contributed by atoms with Crippen LogP contribution in [0.1, 0.15) is 30.3 Å². The molecule has 1 saturated heterocycles. The van der Waals surface area contributed by atoms with E-state index in [1.807, 2.05) is 11.1 Å². The highest BCUT2D eigenvalue weighted by Gasteiger charge is 2.30. The highest BCUT2D eigenvalue weighted by Crippen LogP contribution is 2.27. The normalized spacial score (nSPS) is 17.7. The lowest BCUT2D eigenvalue weighted by Gasteiger charge is -2.18. The monoisotopic (exact) mass is 324 g/mol. The van der Waals surface area contributed by atoms with Gasteiger partial charge in [-0.3, -0.25) is 0 Å². The summed E-state index contributed by atoms with van der Waals surface area (Å²) in [6, 6.07) is 0.00956. The van der Waals surface area contributed by atoms with Gasteiger partial charge in [0.1, 0.15) is 5.82 Å². The molecule has 0 spiro atoms. The number of amides is 2. The topological polar surface area (TPSA) is 68.6 Å². The van der Waals surface area contributed by atoms with Gasteiger partial charge in [-0.2, -0.15) is 0 Å². The van der Waals surface area contributed by atoms with Gasteiger partial charge in [-0.25, -0.2) is 9.78 Å². The Morgan fingerprint density at radius 1 is 1.39 bits per heavy atom. The third kappa shape index (κ3) is 4.68. The van der Waals surface area contributed by atoms with Crippen LogP contribution in [-0.2, 0) is 16.0 Å². The fraction of sp³-hybridized carbons (Fsp3) is 0.750. The predicted molar refractivity (Wildman–Crippen MR) is 87.7 cm³/mol. The lowest BCUT2D eigenvalue weighted by Crippen LogP contribution is -2.39. The number of carbonyl (C=O) groups is 1. The number of urea groups is 1. The Hall–Kier alpha value is -1.60. The highest BCUT2D eigenvalue weighted by atomic mass is 16.5. The number of hydrogen-bond donors (Lipinski definition) is 1. The molecule has 7 heteroatoms. The van der Waals surface area contributed by atoms with E-state index in [1.165, 1.54) is 0 Å². The molecule has 1 aromatic heterocycles. The van der Waals surface area contributed by atoms with Crippen LogP contribution in [0, 0.1) is 6.92 Å². The standard InChI is InChI=1S/C16H28N4O3/c1-13-11-18-15(20(13)8-10-23-3)14-5-7-19(12-14)16(21)17-6-4-9-22-2/h11,14H,4-10,12H2,1-3H3,(H,17,21). The van der Waals surface area contributed by atoms with Crippen LogP contribution in [0.25, 0.3) is 0 Å². The van der Waals surface area contributed by atoms with Gasteiger partial charge in [0.05, 0.1) is 6.61 Å². The summed E-state index contributed by atoms with van der Waals surface area (Å²) in [6.45, 7) is 6.34. The molecule has 7 nitrogen and oxygen atoms in total. The van der Waals surface area contributed by atoms with Gasteiger partial charge >= 0.3 is 6.03 Å². The van der Waals surface area contributed by atoms with Crippen LogP contribution in [0.4, 0.5) is 4.79 Å². The Balaban J connectivity index is 1.88. The number of carbonyl (C=O) groups excluding carboxylic acids is 1. The lowest BCUT2D eigenvalue weighted by atomic mass is 10.1. The van der Waals surface area contributed by atoms with Crippen LogP contribution >= 0.6 is 0 Å². The van der Waals surface area contributed by atoms with E-state index in [9.17, 15) is 4.79 Å². The van der Waals surface area contributed by atoms with Crippen molar-refractivity contribution in [1.29, 1.82) is 0 Å². The van der Waals surface area contributed by atoms with Crippen molar-refractivity contribution >= 4 is 6.03 Å². The van der Waals surface area contributed by atoms with E-state index in [1.54, 1.807) is 14.2 Å². The first-order chi connectivity index (χ1) is 11.2. The van der Waals surface area contributed by atoms with E-state index < -0.39 is 0 Å². The molecule has 1 aromatic rings. The van der Waals surface area contributed by atoms with Gasteiger partial charge in [0.15, 0.2) is 0 Å². The van der Waals surface area contributed by atoms with Crippen molar-refractivity contribution in [3.8, 4) is 0 Å². The zero-order valence-electron chi connectivity index (χ0n) is 14.4. The predicted octanol–water partition coefficient (Wildman–Crippen LogP) is 1.37. The smallest absolute Gasteiger partial charge is 0.317 e. The molecule has 2 amide bonds. The summed E-state index contributed by atoms with van der Waals surface area (Å²) in [5, 5.41) is 2.95. The second-order valence-corrected chi connectivity index (χ2v) is 5.91. The zero-order chi connectivity index (χ0) is 16.7. The number of ether oxygens (including phenoxy) is 2. The van der Waals surface area contributed by atoms with Crippen molar-refractivity contribution < 1.29 is 14.3 Å². The van der Waals surface area contributed by atoms with Gasteiger partial charge in [-0.05, 0) is 19.8 Å². The van der Waals surface area contributed by atoms with Crippen LogP contribution < -0.4 is 5.32 Å². The lowest BCUT2D eigenvalue weighted by molar-refractivity contribution is 0.184. The minimum absolute atomic E-state index is 0.00956. The average molecular weight is 324 g/mol. The number of nitrogens with zero attached hydrogens (tertiary/aromatic N) is 3. The van der Waals surface area contributed by atoms with Gasteiger partial charge in [-0.15, -0.1) is 0 Å². The molecule has 0 saturated carbocycles. The molecule has 1 aliphatic rings. The minimum Gasteiger partial charge on any atom is -0.385 e. The molecule has 0 radical (unpaired) electrons. The molecule has 1 atom stereocenters. The van der Waals surface area contributed by atoms with Crippen molar-refractivity contribution in [1.82, 2.24) is 19.8 Å². The maximum Gasteiger partial charge on any atom is 0.317 e. The second-order valence-electron chi connectivity index (χ2n) is 5.91. The molecule has 23 heavy (non-hydrogen) atoms. The van der Waals surface area contributed by atoms with Crippen molar-refractivity contribution in [2.24, 2.45) is 0 Å². The molecule has 1 aliphatic heterocycles. The number of nitrogens with one attached hydrogen (secondary N) is 1. The Labute approximate surface area is 138 Å². The summed E-state index contributed by atoms with van der Waals surface area (Å²) in [4.78, 5) is 18.6. The summed E-state index contributed by atoms with van der Waals surface area (Å²) < 4.78 is 12.4. The largest absolute Gasteiger partial charge is 0.385 e. The summed E-state index contributed by atoms with van der Waals surface area (Å²) in [6.07, 6.45) is 3.69. The first kappa shape index (κ1) is 17.7. The summed E-state index contributed by atoms with van der Waals surface area (Å²) >= 11 is 0. The maximum absolute atomic E-state index is 12.2. The number of aromatic nitrogens is 2. The van der Waals surface area contributed by atoms with Gasteiger partial charge in [0, 0.05) is 64.8 Å². The van der Waals surface area contributed by atoms with Crippen LogP contribution in [0.2, 0.25) is 0 Å². The van der Waals surface area contributed by atoms with E-state index in [0.29, 0.717) is 25.7 Å². The fourth-order valence-electron chi connectivity index (χ4n) is 2.96. The average Bonchev–Trinajstić information content (AvgIpc) is 3.16. The summed E-state index contributed by atoms with van der Waals surface area (Å²) in [5.41, 5.74) is 1.14. The van der Waals surface area contributed by atoms with Gasteiger partial charge in [0.25, 0.3) is 0 Å². The second kappa shape index (κ2) is 8.88. The molecule has 130 valence electrons. The molecule has 0 aromatic carbocycles. The van der Waals surface area contributed by atoms with Crippen molar-refractivity contribution in [2.75, 3.05) is 47.1 Å². The Bertz CT molecular complexity index is 504. The molecule has 1 fully saturated rings. The van der Waals surface area contributed by atoms with Crippen LogP contribution in [0.3, 0.4) is 0 Å². The number of rotatable bonds is 8. The molecule has 1 N–H and O–H groups in total. The molecule has 1 unspecified atom stereocenters. The Morgan fingerprint density at radius 2 is 2.17 bits per heavy atom. The van der Waals surface area contributed by atoms with E-state index in [0.717, 1.165) is 44.0 Å². The third-order valence-electron chi connectivity index (χ3n) is 4.25. The van der Waals surface area contributed by atoms with E-state index in [-0.39, 0.29) is 6.03 Å². The molecular weight excluding hydrogens is 296 g/mol. The molecule has 0 bridgehead atoms.